The third-order valence-corrected chi connectivity index (χ3v) is 2.78. The van der Waals surface area contributed by atoms with Gasteiger partial charge < -0.3 is 4.98 Å². The Morgan fingerprint density at radius 1 is 1.06 bits per heavy atom. The number of aromatic nitrogens is 3. The second kappa shape index (κ2) is 4.41. The van der Waals surface area contributed by atoms with Crippen molar-refractivity contribution >= 4 is 11.0 Å². The van der Waals surface area contributed by atoms with Gasteiger partial charge in [-0.1, -0.05) is 18.2 Å². The predicted octanol–water partition coefficient (Wildman–Crippen LogP) is 1.26. The third kappa shape index (κ3) is 2.00. The number of nitrogens with one attached hydrogen (secondary N) is 1. The molecule has 88 valence electrons. The maximum atomic E-state index is 11.9. The minimum atomic E-state index is -0.134. The Morgan fingerprint density at radius 2 is 1.83 bits per heavy atom. The minimum absolute atomic E-state index is 0.134. The molecule has 0 atom stereocenters. The van der Waals surface area contributed by atoms with Gasteiger partial charge in [-0.05, 0) is 12.1 Å². The van der Waals surface area contributed by atoms with Crippen molar-refractivity contribution in [3.8, 4) is 0 Å². The molecule has 0 aliphatic rings. The number of nitrogens with zero attached hydrogens (tertiary/aromatic N) is 2. The summed E-state index contributed by atoms with van der Waals surface area (Å²) in [6.45, 7) is 0.473. The summed E-state index contributed by atoms with van der Waals surface area (Å²) >= 11 is 0. The van der Waals surface area contributed by atoms with Crippen molar-refractivity contribution < 1.29 is 4.57 Å². The number of benzene rings is 1. The number of para-hydroxylation sites is 2. The lowest BCUT2D eigenvalue weighted by atomic mass is 10.3. The van der Waals surface area contributed by atoms with Gasteiger partial charge in [-0.25, -0.2) is 4.98 Å². The van der Waals surface area contributed by atoms with E-state index in [0.717, 1.165) is 11.0 Å². The molecule has 3 aromatic rings. The van der Waals surface area contributed by atoms with Gasteiger partial charge in [0.2, 0.25) is 0 Å². The number of hydrogen-bond acceptors (Lipinski definition) is 2. The number of pyridine rings is 1. The molecular weight excluding hydrogens is 226 g/mol. The number of rotatable bonds is 2. The molecule has 1 aromatic carbocycles. The number of H-pyrrole nitrogens is 1. The highest BCUT2D eigenvalue weighted by Crippen LogP contribution is 2.05. The Morgan fingerprint density at radius 3 is 2.67 bits per heavy atom. The van der Waals surface area contributed by atoms with E-state index in [1.807, 2.05) is 59.4 Å². The van der Waals surface area contributed by atoms with E-state index in [0.29, 0.717) is 12.2 Å². The van der Waals surface area contributed by atoms with Crippen LogP contribution in [0, 0.1) is 0 Å². The summed E-state index contributed by atoms with van der Waals surface area (Å²) < 4.78 is 1.92. The minimum Gasteiger partial charge on any atom is -0.319 e. The molecular formula is C14H12N3O+. The van der Waals surface area contributed by atoms with E-state index in [1.54, 1.807) is 0 Å². The van der Waals surface area contributed by atoms with Crippen molar-refractivity contribution in [1.82, 2.24) is 9.97 Å². The molecule has 4 nitrogen and oxygen atoms in total. The molecule has 18 heavy (non-hydrogen) atoms. The van der Waals surface area contributed by atoms with E-state index in [2.05, 4.69) is 9.97 Å². The largest absolute Gasteiger partial charge is 0.319 e. The molecule has 1 N–H and O–H groups in total. The van der Waals surface area contributed by atoms with Gasteiger partial charge in [-0.15, -0.1) is 0 Å². The van der Waals surface area contributed by atoms with Gasteiger partial charge in [0.05, 0.1) is 11.0 Å². The van der Waals surface area contributed by atoms with Crippen molar-refractivity contribution in [2.24, 2.45) is 0 Å². The van der Waals surface area contributed by atoms with Crippen molar-refractivity contribution in [1.29, 1.82) is 0 Å². The third-order valence-electron chi connectivity index (χ3n) is 2.78. The molecule has 0 saturated carbocycles. The smallest absolute Gasteiger partial charge is 0.276 e. The lowest BCUT2D eigenvalue weighted by Crippen LogP contribution is -2.36. The highest BCUT2D eigenvalue weighted by molar-refractivity contribution is 5.73. The fourth-order valence-corrected chi connectivity index (χ4v) is 1.89. The van der Waals surface area contributed by atoms with Crippen LogP contribution >= 0.6 is 0 Å². The van der Waals surface area contributed by atoms with Gasteiger partial charge in [0, 0.05) is 12.1 Å². The van der Waals surface area contributed by atoms with Crippen LogP contribution in [0.2, 0.25) is 0 Å². The molecule has 4 heteroatoms. The van der Waals surface area contributed by atoms with Crippen LogP contribution in [0.1, 0.15) is 5.69 Å². The first kappa shape index (κ1) is 10.7. The monoisotopic (exact) mass is 238 g/mol. The Kier molecular flexibility index (Phi) is 2.61. The molecule has 0 bridgehead atoms. The van der Waals surface area contributed by atoms with Crippen LogP contribution in [-0.4, -0.2) is 9.97 Å². The first-order valence-corrected chi connectivity index (χ1v) is 5.75. The van der Waals surface area contributed by atoms with E-state index in [4.69, 9.17) is 0 Å². The Labute approximate surface area is 104 Å². The zero-order chi connectivity index (χ0) is 12.4. The van der Waals surface area contributed by atoms with Crippen LogP contribution in [-0.2, 0) is 6.54 Å². The maximum absolute atomic E-state index is 11.9. The maximum Gasteiger partial charge on any atom is 0.276 e. The second-order valence-corrected chi connectivity index (χ2v) is 4.08. The van der Waals surface area contributed by atoms with Crippen LogP contribution in [0.25, 0.3) is 11.0 Å². The van der Waals surface area contributed by atoms with Crippen LogP contribution < -0.4 is 10.1 Å². The lowest BCUT2D eigenvalue weighted by molar-refractivity contribution is -0.689. The predicted molar refractivity (Wildman–Crippen MR) is 68.1 cm³/mol. The summed E-state index contributed by atoms with van der Waals surface area (Å²) in [5, 5.41) is 0. The summed E-state index contributed by atoms with van der Waals surface area (Å²) in [5.74, 6) is 0. The summed E-state index contributed by atoms with van der Waals surface area (Å²) in [7, 11) is 0. The summed E-state index contributed by atoms with van der Waals surface area (Å²) in [6.07, 6.45) is 3.83. The van der Waals surface area contributed by atoms with Gasteiger partial charge in [0.1, 0.15) is 0 Å². The van der Waals surface area contributed by atoms with E-state index in [-0.39, 0.29) is 5.56 Å². The molecule has 0 radical (unpaired) electrons. The van der Waals surface area contributed by atoms with Crippen LogP contribution in [0.3, 0.4) is 0 Å². The standard InChI is InChI=1S/C14H11N3O/c18-14-13(10-17-8-4-1-5-9-17)15-11-6-2-3-7-12(11)16-14/h1-9H,10H2/p+1. The highest BCUT2D eigenvalue weighted by Gasteiger charge is 2.09. The average molecular weight is 238 g/mol. The van der Waals surface area contributed by atoms with Crippen molar-refractivity contribution in [3.05, 3.63) is 70.9 Å². The van der Waals surface area contributed by atoms with E-state index >= 15 is 0 Å². The zero-order valence-electron chi connectivity index (χ0n) is 9.71. The van der Waals surface area contributed by atoms with Gasteiger partial charge >= 0.3 is 0 Å². The molecule has 0 aliphatic heterocycles. The molecule has 0 saturated heterocycles. The summed E-state index contributed by atoms with van der Waals surface area (Å²) in [5.41, 5.74) is 1.96. The molecule has 3 rings (SSSR count). The topological polar surface area (TPSA) is 49.6 Å². The Bertz CT molecular complexity index is 735. The lowest BCUT2D eigenvalue weighted by Gasteiger charge is -1.99. The van der Waals surface area contributed by atoms with Crippen LogP contribution in [0.5, 0.6) is 0 Å². The molecule has 0 amide bonds. The molecule has 2 aromatic heterocycles. The molecule has 2 heterocycles. The number of fused-ring (bicyclic) bond motifs is 1. The second-order valence-electron chi connectivity index (χ2n) is 4.08. The van der Waals surface area contributed by atoms with E-state index in [1.165, 1.54) is 0 Å². The first-order chi connectivity index (χ1) is 8.83. The molecule has 0 unspecified atom stereocenters. The van der Waals surface area contributed by atoms with Gasteiger partial charge in [-0.2, -0.15) is 4.57 Å². The summed E-state index contributed by atoms with van der Waals surface area (Å²) in [6, 6.07) is 13.3. The normalized spacial score (nSPS) is 10.7. The van der Waals surface area contributed by atoms with Crippen LogP contribution in [0.15, 0.2) is 59.7 Å². The Balaban J connectivity index is 2.07. The Hall–Kier alpha value is -2.49. The van der Waals surface area contributed by atoms with Gasteiger partial charge in [0.15, 0.2) is 24.6 Å². The quantitative estimate of drug-likeness (QED) is 0.683. The van der Waals surface area contributed by atoms with E-state index < -0.39 is 0 Å². The van der Waals surface area contributed by atoms with Crippen molar-refractivity contribution in [3.63, 3.8) is 0 Å². The van der Waals surface area contributed by atoms with E-state index in [9.17, 15) is 4.79 Å². The van der Waals surface area contributed by atoms with Gasteiger partial charge in [0.25, 0.3) is 5.56 Å². The average Bonchev–Trinajstić information content (AvgIpc) is 2.41. The van der Waals surface area contributed by atoms with Gasteiger partial charge in [-0.3, -0.25) is 4.79 Å². The number of hydrogen-bond donors (Lipinski definition) is 1. The highest BCUT2D eigenvalue weighted by atomic mass is 16.1. The molecule has 0 spiro atoms. The fraction of sp³-hybridized carbons (Fsp3) is 0.0714. The molecule has 0 fully saturated rings. The number of aromatic amines is 1. The summed E-state index contributed by atoms with van der Waals surface area (Å²) in [4.78, 5) is 19.2. The van der Waals surface area contributed by atoms with Crippen LogP contribution in [0.4, 0.5) is 0 Å². The fourth-order valence-electron chi connectivity index (χ4n) is 1.89. The molecule has 0 aliphatic carbocycles. The van der Waals surface area contributed by atoms with Crippen molar-refractivity contribution in [2.75, 3.05) is 0 Å². The SMILES string of the molecule is O=c1[nH]c2ccccc2nc1C[n+]1ccccc1. The van der Waals surface area contributed by atoms with Crippen molar-refractivity contribution in [2.45, 2.75) is 6.54 Å². The first-order valence-electron chi connectivity index (χ1n) is 5.75. The zero-order valence-corrected chi connectivity index (χ0v) is 9.71.